The van der Waals surface area contributed by atoms with Crippen molar-refractivity contribution in [3.05, 3.63) is 53.7 Å². The number of aromatic nitrogens is 4. The van der Waals surface area contributed by atoms with Crippen LogP contribution in [0.5, 0.6) is 11.8 Å². The molecular formula is C40H46F2N6O4. The van der Waals surface area contributed by atoms with Crippen LogP contribution >= 0.6 is 0 Å². The number of halogens is 2. The van der Waals surface area contributed by atoms with Crippen LogP contribution in [0.4, 0.5) is 14.6 Å². The molecule has 5 aromatic rings. The predicted octanol–water partition coefficient (Wildman–Crippen LogP) is 6.78. The van der Waals surface area contributed by atoms with Crippen LogP contribution in [0, 0.1) is 28.4 Å². The Balaban J connectivity index is 1.15. The number of ether oxygens (including phenoxy) is 3. The van der Waals surface area contributed by atoms with E-state index in [9.17, 15) is 5.11 Å². The lowest BCUT2D eigenvalue weighted by molar-refractivity contribution is 0.0179. The molecule has 2 aromatic carbocycles. The molecular weight excluding hydrogens is 666 g/mol. The third-order valence-corrected chi connectivity index (χ3v) is 12.0. The van der Waals surface area contributed by atoms with Gasteiger partial charge in [-0.1, -0.05) is 19.9 Å². The summed E-state index contributed by atoms with van der Waals surface area (Å²) >= 11 is 0. The maximum absolute atomic E-state index is 17.5. The van der Waals surface area contributed by atoms with Crippen molar-refractivity contribution >= 4 is 33.0 Å². The van der Waals surface area contributed by atoms with Gasteiger partial charge in [0.05, 0.1) is 36.9 Å². The summed E-state index contributed by atoms with van der Waals surface area (Å²) in [5, 5.41) is 17.1. The molecule has 12 heteroatoms. The molecule has 0 bridgehead atoms. The largest absolute Gasteiger partial charge is 0.508 e. The van der Waals surface area contributed by atoms with Gasteiger partial charge in [-0.3, -0.25) is 0 Å². The highest BCUT2D eigenvalue weighted by Crippen LogP contribution is 2.49. The molecule has 274 valence electrons. The van der Waals surface area contributed by atoms with Crippen LogP contribution in [-0.2, 0) is 15.9 Å². The predicted molar refractivity (Wildman–Crippen MR) is 195 cm³/mol. The summed E-state index contributed by atoms with van der Waals surface area (Å²) in [6.07, 6.45) is 7.61. The number of benzene rings is 2. The summed E-state index contributed by atoms with van der Waals surface area (Å²) in [5.41, 5.74) is 1.95. The Labute approximate surface area is 301 Å². The normalized spacial score (nSPS) is 21.8. The van der Waals surface area contributed by atoms with Gasteiger partial charge in [-0.2, -0.15) is 15.1 Å². The number of aryl methyl sites for hydroxylation is 1. The van der Waals surface area contributed by atoms with Gasteiger partial charge in [0.25, 0.3) is 0 Å². The number of rotatable bonds is 8. The van der Waals surface area contributed by atoms with Crippen molar-refractivity contribution in [2.24, 2.45) is 16.7 Å². The second-order valence-electron chi connectivity index (χ2n) is 15.8. The van der Waals surface area contributed by atoms with Crippen LogP contribution in [0.1, 0.15) is 51.5 Å². The standard InChI is InChI=1S/C40H46F2N6O4/c1-3-28-30(41)5-4-26-18-27(49)19-29(32(26)28)36-34(42)35-33(31-6-12-43-48(31)36)37(47-14-17-51-21-25(2)20-47)45-38(44-35)52-24-40(7-8-40)23-46-13-9-39(22-46)10-15-50-16-11-39/h4-6,12,18-19,25,49H,3,7-11,13-17,20-24H2,1-2H3. The minimum atomic E-state index is -0.642. The Morgan fingerprint density at radius 3 is 2.63 bits per heavy atom. The summed E-state index contributed by atoms with van der Waals surface area (Å²) in [6, 6.07) is 8.01. The first kappa shape index (κ1) is 33.7. The van der Waals surface area contributed by atoms with Gasteiger partial charge in [-0.25, -0.2) is 13.3 Å². The maximum atomic E-state index is 17.5. The Morgan fingerprint density at radius 2 is 1.83 bits per heavy atom. The first-order chi connectivity index (χ1) is 25.3. The molecule has 9 rings (SSSR count). The molecule has 4 fully saturated rings. The highest BCUT2D eigenvalue weighted by atomic mass is 19.1. The highest BCUT2D eigenvalue weighted by molar-refractivity contribution is 6.07. The number of phenols is 1. The van der Waals surface area contributed by atoms with Crippen LogP contribution in [0.25, 0.3) is 38.4 Å². The fourth-order valence-corrected chi connectivity index (χ4v) is 9.02. The van der Waals surface area contributed by atoms with E-state index in [4.69, 9.17) is 24.2 Å². The molecule has 3 aromatic heterocycles. The molecule has 1 aliphatic carbocycles. The van der Waals surface area contributed by atoms with E-state index in [1.54, 1.807) is 18.3 Å². The number of fused-ring (bicyclic) bond motifs is 4. The van der Waals surface area contributed by atoms with E-state index in [1.807, 2.05) is 13.0 Å². The van der Waals surface area contributed by atoms with E-state index in [-0.39, 0.29) is 40.1 Å². The molecule has 1 atom stereocenters. The number of phenolic OH excluding ortho intramolecular Hbond substituents is 1. The second kappa shape index (κ2) is 13.1. The van der Waals surface area contributed by atoms with E-state index in [2.05, 4.69) is 21.8 Å². The Morgan fingerprint density at radius 1 is 0.981 bits per heavy atom. The van der Waals surface area contributed by atoms with E-state index in [0.29, 0.717) is 83.4 Å². The topological polar surface area (TPSA) is 97.5 Å². The highest BCUT2D eigenvalue weighted by Gasteiger charge is 2.48. The first-order valence-electron chi connectivity index (χ1n) is 18.8. The maximum Gasteiger partial charge on any atom is 0.319 e. The average Bonchev–Trinajstić information content (AvgIpc) is 3.65. The molecule has 1 spiro atoms. The van der Waals surface area contributed by atoms with E-state index < -0.39 is 5.82 Å². The molecule has 4 aliphatic rings. The van der Waals surface area contributed by atoms with Crippen molar-refractivity contribution in [3.63, 3.8) is 0 Å². The third-order valence-electron chi connectivity index (χ3n) is 12.0. The Kier molecular flexibility index (Phi) is 8.47. The molecule has 1 saturated carbocycles. The van der Waals surface area contributed by atoms with Crippen LogP contribution in [0.2, 0.25) is 0 Å². The van der Waals surface area contributed by atoms with Gasteiger partial charge < -0.3 is 29.1 Å². The smallest absolute Gasteiger partial charge is 0.319 e. The van der Waals surface area contributed by atoms with Crippen LogP contribution in [0.3, 0.4) is 0 Å². The third kappa shape index (κ3) is 5.92. The van der Waals surface area contributed by atoms with Gasteiger partial charge in [0.1, 0.15) is 28.6 Å². The minimum Gasteiger partial charge on any atom is -0.508 e. The van der Waals surface area contributed by atoms with Crippen molar-refractivity contribution in [3.8, 4) is 23.0 Å². The van der Waals surface area contributed by atoms with Crippen molar-refractivity contribution in [2.45, 2.75) is 52.4 Å². The number of hydrogen-bond acceptors (Lipinski definition) is 9. The fourth-order valence-electron chi connectivity index (χ4n) is 9.02. The summed E-state index contributed by atoms with van der Waals surface area (Å²) < 4.78 is 52.4. The van der Waals surface area contributed by atoms with Gasteiger partial charge >= 0.3 is 6.01 Å². The summed E-state index contributed by atoms with van der Waals surface area (Å²) in [7, 11) is 0. The zero-order valence-corrected chi connectivity index (χ0v) is 30.0. The van der Waals surface area contributed by atoms with Gasteiger partial charge in [-0.05, 0) is 97.0 Å². The molecule has 0 radical (unpaired) electrons. The van der Waals surface area contributed by atoms with Crippen LogP contribution in [-0.4, -0.2) is 95.3 Å². The zero-order valence-electron chi connectivity index (χ0n) is 30.0. The van der Waals surface area contributed by atoms with Gasteiger partial charge in [-0.15, -0.1) is 0 Å². The molecule has 6 heterocycles. The lowest BCUT2D eigenvalue weighted by atomic mass is 9.80. The summed E-state index contributed by atoms with van der Waals surface area (Å²) in [6.45, 7) is 11.7. The van der Waals surface area contributed by atoms with E-state index >= 15 is 8.78 Å². The quantitative estimate of drug-likeness (QED) is 0.187. The molecule has 1 unspecified atom stereocenters. The molecule has 3 aliphatic heterocycles. The molecule has 10 nitrogen and oxygen atoms in total. The number of pyridine rings is 1. The number of likely N-dealkylation sites (tertiary alicyclic amines) is 1. The first-order valence-corrected chi connectivity index (χ1v) is 18.8. The van der Waals surface area contributed by atoms with E-state index in [1.165, 1.54) is 23.1 Å². The van der Waals surface area contributed by atoms with Crippen molar-refractivity contribution in [1.29, 1.82) is 0 Å². The lowest BCUT2D eigenvalue weighted by Crippen LogP contribution is -2.36. The molecule has 1 N–H and O–H groups in total. The second-order valence-corrected chi connectivity index (χ2v) is 15.8. The molecule has 0 amide bonds. The SMILES string of the molecule is CCc1c(F)ccc2cc(O)cc(-c3c(F)c4nc(OCC5(CN6CCC7(CCOCC7)C6)CC5)nc(N5CCOCC(C)C5)c4c4ccnn34)c12. The summed E-state index contributed by atoms with van der Waals surface area (Å²) in [4.78, 5) is 14.6. The number of anilines is 1. The average molecular weight is 713 g/mol. The Hall–Kier alpha value is -4.13. The Bertz CT molecular complexity index is 2160. The molecule has 3 saturated heterocycles. The lowest BCUT2D eigenvalue weighted by Gasteiger charge is -2.34. The van der Waals surface area contributed by atoms with Gasteiger partial charge in [0.2, 0.25) is 0 Å². The van der Waals surface area contributed by atoms with Crippen molar-refractivity contribution in [1.82, 2.24) is 24.5 Å². The van der Waals surface area contributed by atoms with Crippen LogP contribution < -0.4 is 9.64 Å². The number of aromatic hydroxyl groups is 1. The van der Waals surface area contributed by atoms with Crippen molar-refractivity contribution < 1.29 is 28.1 Å². The van der Waals surface area contributed by atoms with Crippen LogP contribution in [0.15, 0.2) is 36.5 Å². The zero-order chi connectivity index (χ0) is 35.6. The molecule has 52 heavy (non-hydrogen) atoms. The fraction of sp³-hybridized carbons (Fsp3) is 0.525. The van der Waals surface area contributed by atoms with E-state index in [0.717, 1.165) is 58.5 Å². The monoisotopic (exact) mass is 712 g/mol. The number of nitrogens with zero attached hydrogens (tertiary/aromatic N) is 6. The summed E-state index contributed by atoms with van der Waals surface area (Å²) in [5.74, 6) is -0.296. The number of hydrogen-bond donors (Lipinski definition) is 1. The van der Waals surface area contributed by atoms with Gasteiger partial charge in [0, 0.05) is 50.4 Å². The van der Waals surface area contributed by atoms with Crippen molar-refractivity contribution in [2.75, 3.05) is 70.7 Å². The van der Waals surface area contributed by atoms with Gasteiger partial charge in [0.15, 0.2) is 5.82 Å². The minimum absolute atomic E-state index is 0.0142.